The van der Waals surface area contributed by atoms with Crippen molar-refractivity contribution in [1.29, 1.82) is 0 Å². The van der Waals surface area contributed by atoms with Gasteiger partial charge in [-0.2, -0.15) is 0 Å². The minimum Gasteiger partial charge on any atom is -0.393 e. The van der Waals surface area contributed by atoms with Crippen LogP contribution in [0.4, 0.5) is 0 Å². The number of β-amino-alcohol motifs (C(OH)–C–C–N with tert-alkyl or cyclic N) is 1. The number of aliphatic hydroxyl groups is 2. The van der Waals surface area contributed by atoms with Crippen molar-refractivity contribution in [3.8, 4) is 0 Å². The first-order chi connectivity index (χ1) is 5.16. The molecule has 1 saturated heterocycles. The number of hydrazine groups is 1. The minimum absolute atomic E-state index is 0.194. The van der Waals surface area contributed by atoms with Crippen LogP contribution in [0.2, 0.25) is 0 Å². The van der Waals surface area contributed by atoms with E-state index in [2.05, 4.69) is 0 Å². The van der Waals surface area contributed by atoms with Gasteiger partial charge in [-0.05, 0) is 6.42 Å². The Bertz CT molecular complexity index is 111. The van der Waals surface area contributed by atoms with Gasteiger partial charge in [0.05, 0.1) is 6.61 Å². The van der Waals surface area contributed by atoms with Gasteiger partial charge in [0, 0.05) is 13.1 Å². The summed E-state index contributed by atoms with van der Waals surface area (Å²) in [6.07, 6.45) is 0.569. The smallest absolute Gasteiger partial charge is 0.103 e. The molecule has 4 heteroatoms. The number of nitrogens with zero attached hydrogens (tertiary/aromatic N) is 1. The van der Waals surface area contributed by atoms with Gasteiger partial charge in [0.25, 0.3) is 0 Å². The number of rotatable bonds is 1. The Morgan fingerprint density at radius 2 is 2.09 bits per heavy atom. The molecular formula is C7H18N2O2. The summed E-state index contributed by atoms with van der Waals surface area (Å²) < 4.78 is 0. The molecule has 0 saturated carbocycles. The van der Waals surface area contributed by atoms with E-state index in [0.717, 1.165) is 0 Å². The lowest BCUT2D eigenvalue weighted by atomic mass is 10.1. The summed E-state index contributed by atoms with van der Waals surface area (Å²) >= 11 is 0. The fraction of sp³-hybridized carbons (Fsp3) is 1.00. The van der Waals surface area contributed by atoms with Gasteiger partial charge in [-0.3, -0.25) is 5.84 Å². The summed E-state index contributed by atoms with van der Waals surface area (Å²) in [5.74, 6) is 5.35. The van der Waals surface area contributed by atoms with Gasteiger partial charge in [0.15, 0.2) is 0 Å². The maximum atomic E-state index is 9.30. The molecule has 1 aliphatic rings. The van der Waals surface area contributed by atoms with Crippen molar-refractivity contribution in [2.75, 3.05) is 19.7 Å². The predicted octanol–water partition coefficient (Wildman–Crippen LogP) is -0.685. The van der Waals surface area contributed by atoms with Crippen LogP contribution in [0.15, 0.2) is 0 Å². The molecule has 4 N–H and O–H groups in total. The lowest BCUT2D eigenvalue weighted by molar-refractivity contribution is -0.00529. The first-order valence-electron chi connectivity index (χ1n) is 3.99. The molecule has 1 heterocycles. The van der Waals surface area contributed by atoms with E-state index in [4.69, 9.17) is 10.9 Å². The molecule has 0 spiro atoms. The molecule has 0 amide bonds. The van der Waals surface area contributed by atoms with Crippen molar-refractivity contribution < 1.29 is 10.2 Å². The Hall–Kier alpha value is -0.160. The SMILES string of the molecule is CC.NN1CCC(O)(CO)C1. The number of nitrogens with two attached hydrogens (primary N) is 1. The van der Waals surface area contributed by atoms with Crippen LogP contribution < -0.4 is 5.84 Å². The summed E-state index contributed by atoms with van der Waals surface area (Å²) in [5.41, 5.74) is -0.936. The third kappa shape index (κ3) is 3.16. The number of aliphatic hydroxyl groups excluding tert-OH is 1. The van der Waals surface area contributed by atoms with Crippen molar-refractivity contribution >= 4 is 0 Å². The molecular weight excluding hydrogens is 144 g/mol. The third-order valence-corrected chi connectivity index (χ3v) is 1.66. The Kier molecular flexibility index (Phi) is 4.60. The highest BCUT2D eigenvalue weighted by Gasteiger charge is 2.33. The predicted molar refractivity (Wildman–Crippen MR) is 43.8 cm³/mol. The molecule has 1 atom stereocenters. The molecule has 1 unspecified atom stereocenters. The Morgan fingerprint density at radius 1 is 1.55 bits per heavy atom. The van der Waals surface area contributed by atoms with Gasteiger partial charge in [-0.25, -0.2) is 5.01 Å². The van der Waals surface area contributed by atoms with E-state index in [9.17, 15) is 5.11 Å². The normalized spacial score (nSPS) is 31.4. The second-order valence-corrected chi connectivity index (χ2v) is 2.60. The fourth-order valence-corrected chi connectivity index (χ4v) is 1.02. The lowest BCUT2D eigenvalue weighted by Gasteiger charge is -2.17. The van der Waals surface area contributed by atoms with Gasteiger partial charge in [0.2, 0.25) is 0 Å². The summed E-state index contributed by atoms with van der Waals surface area (Å²) in [6.45, 7) is 4.85. The molecule has 0 aromatic heterocycles. The van der Waals surface area contributed by atoms with E-state index in [1.807, 2.05) is 13.8 Å². The van der Waals surface area contributed by atoms with Crippen molar-refractivity contribution in [2.45, 2.75) is 25.9 Å². The van der Waals surface area contributed by atoms with Crippen molar-refractivity contribution in [3.05, 3.63) is 0 Å². The molecule has 11 heavy (non-hydrogen) atoms. The van der Waals surface area contributed by atoms with Crippen LogP contribution in [-0.4, -0.2) is 40.5 Å². The van der Waals surface area contributed by atoms with Crippen LogP contribution >= 0.6 is 0 Å². The summed E-state index contributed by atoms with van der Waals surface area (Å²) in [6, 6.07) is 0. The van der Waals surface area contributed by atoms with Crippen LogP contribution in [0.3, 0.4) is 0 Å². The number of hydrogen-bond acceptors (Lipinski definition) is 4. The molecule has 1 fully saturated rings. The molecule has 0 aromatic rings. The zero-order chi connectivity index (χ0) is 8.91. The monoisotopic (exact) mass is 162 g/mol. The van der Waals surface area contributed by atoms with E-state index >= 15 is 0 Å². The molecule has 0 aromatic carbocycles. The lowest BCUT2D eigenvalue weighted by Crippen LogP contribution is -2.38. The third-order valence-electron chi connectivity index (χ3n) is 1.66. The van der Waals surface area contributed by atoms with Gasteiger partial charge in [0.1, 0.15) is 5.60 Å². The van der Waals surface area contributed by atoms with E-state index < -0.39 is 5.60 Å². The fourth-order valence-electron chi connectivity index (χ4n) is 1.02. The highest BCUT2D eigenvalue weighted by molar-refractivity contribution is 4.86. The first kappa shape index (κ1) is 10.8. The maximum absolute atomic E-state index is 9.30. The first-order valence-corrected chi connectivity index (χ1v) is 3.99. The average molecular weight is 162 g/mol. The van der Waals surface area contributed by atoms with Crippen LogP contribution in [0, 0.1) is 0 Å². The van der Waals surface area contributed by atoms with Crippen LogP contribution in [-0.2, 0) is 0 Å². The molecule has 1 rings (SSSR count). The molecule has 68 valence electrons. The maximum Gasteiger partial charge on any atom is 0.103 e. The van der Waals surface area contributed by atoms with Crippen molar-refractivity contribution in [1.82, 2.24) is 5.01 Å². The van der Waals surface area contributed by atoms with Crippen LogP contribution in [0.25, 0.3) is 0 Å². The molecule has 4 nitrogen and oxygen atoms in total. The van der Waals surface area contributed by atoms with Gasteiger partial charge in [-0.15, -0.1) is 0 Å². The van der Waals surface area contributed by atoms with Crippen LogP contribution in [0.5, 0.6) is 0 Å². The van der Waals surface area contributed by atoms with E-state index in [1.165, 1.54) is 5.01 Å². The zero-order valence-electron chi connectivity index (χ0n) is 7.25. The summed E-state index contributed by atoms with van der Waals surface area (Å²) in [7, 11) is 0. The largest absolute Gasteiger partial charge is 0.393 e. The zero-order valence-corrected chi connectivity index (χ0v) is 7.25. The van der Waals surface area contributed by atoms with E-state index in [0.29, 0.717) is 19.5 Å². The Balaban J connectivity index is 0.000000461. The summed E-state index contributed by atoms with van der Waals surface area (Å²) in [5, 5.41) is 19.4. The van der Waals surface area contributed by atoms with Crippen molar-refractivity contribution in [2.24, 2.45) is 5.84 Å². The standard InChI is InChI=1S/C5H12N2O2.C2H6/c6-7-2-1-5(9,3-7)4-8;1-2/h8-9H,1-4,6H2;1-2H3. The van der Waals surface area contributed by atoms with E-state index in [1.54, 1.807) is 0 Å². The average Bonchev–Trinajstić information content (AvgIpc) is 2.37. The van der Waals surface area contributed by atoms with Gasteiger partial charge in [-0.1, -0.05) is 13.8 Å². The highest BCUT2D eigenvalue weighted by Crippen LogP contribution is 2.16. The Morgan fingerprint density at radius 3 is 2.27 bits per heavy atom. The van der Waals surface area contributed by atoms with Crippen molar-refractivity contribution in [3.63, 3.8) is 0 Å². The molecule has 0 bridgehead atoms. The minimum atomic E-state index is -0.936. The highest BCUT2D eigenvalue weighted by atomic mass is 16.3. The van der Waals surface area contributed by atoms with Gasteiger partial charge < -0.3 is 10.2 Å². The molecule has 1 aliphatic heterocycles. The number of hydrogen-bond donors (Lipinski definition) is 3. The Labute approximate surface area is 67.6 Å². The molecule has 0 aliphatic carbocycles. The van der Waals surface area contributed by atoms with E-state index in [-0.39, 0.29) is 6.61 Å². The second kappa shape index (κ2) is 4.66. The quantitative estimate of drug-likeness (QED) is 0.447. The topological polar surface area (TPSA) is 69.7 Å². The van der Waals surface area contributed by atoms with Gasteiger partial charge >= 0.3 is 0 Å². The molecule has 0 radical (unpaired) electrons. The van der Waals surface area contributed by atoms with Crippen LogP contribution in [0.1, 0.15) is 20.3 Å². The second-order valence-electron chi connectivity index (χ2n) is 2.60. The summed E-state index contributed by atoms with van der Waals surface area (Å²) in [4.78, 5) is 0.